The van der Waals surface area contributed by atoms with Crippen LogP contribution < -0.4 is 10.1 Å². The molecule has 0 aliphatic heterocycles. The van der Waals surface area contributed by atoms with Crippen LogP contribution in [0.1, 0.15) is 38.7 Å². The maximum absolute atomic E-state index is 13.1. The van der Waals surface area contributed by atoms with Gasteiger partial charge in [0.1, 0.15) is 11.5 Å². The number of hydrogen-bond donors (Lipinski definition) is 2. The first-order valence-corrected chi connectivity index (χ1v) is 11.5. The molecule has 1 saturated carbocycles. The van der Waals surface area contributed by atoms with Crippen molar-refractivity contribution in [1.29, 1.82) is 0 Å². The number of halogens is 4. The Morgan fingerprint density at radius 3 is 2.47 bits per heavy atom. The molecule has 0 unspecified atom stereocenters. The van der Waals surface area contributed by atoms with Gasteiger partial charge in [0.15, 0.2) is 11.6 Å². The molecule has 1 aliphatic carbocycles. The number of rotatable bonds is 7. The Hall–Kier alpha value is -3.47. The Morgan fingerprint density at radius 2 is 1.86 bits per heavy atom. The zero-order valence-electron chi connectivity index (χ0n) is 19.4. The molecule has 3 aromatic rings. The second-order valence-electron chi connectivity index (χ2n) is 8.96. The normalized spacial score (nSPS) is 14.3. The lowest BCUT2D eigenvalue weighted by molar-refractivity contribution is -0.211. The van der Waals surface area contributed by atoms with Gasteiger partial charge in [-0.15, -0.1) is 0 Å². The van der Waals surface area contributed by atoms with Gasteiger partial charge in [-0.2, -0.15) is 23.1 Å². The van der Waals surface area contributed by atoms with Crippen molar-refractivity contribution in [3.8, 4) is 34.7 Å². The third-order valence-corrected chi connectivity index (χ3v) is 6.29. The number of benzene rings is 1. The van der Waals surface area contributed by atoms with Gasteiger partial charge in [-0.3, -0.25) is 4.79 Å². The average molecular weight is 522 g/mol. The molecule has 1 fully saturated rings. The Morgan fingerprint density at radius 1 is 1.14 bits per heavy atom. The number of hydrogen-bond acceptors (Lipinski definition) is 7. The highest BCUT2D eigenvalue weighted by molar-refractivity contribution is 6.33. The summed E-state index contributed by atoms with van der Waals surface area (Å²) in [5, 5.41) is 12.6. The molecule has 4 rings (SSSR count). The van der Waals surface area contributed by atoms with Crippen molar-refractivity contribution in [1.82, 2.24) is 25.3 Å². The predicted octanol–water partition coefficient (Wildman–Crippen LogP) is 5.10. The summed E-state index contributed by atoms with van der Waals surface area (Å²) >= 11 is 6.32. The Balaban J connectivity index is 1.55. The molecule has 0 bridgehead atoms. The van der Waals surface area contributed by atoms with Gasteiger partial charge >= 0.3 is 12.2 Å². The van der Waals surface area contributed by atoms with Crippen LogP contribution in [0.4, 0.5) is 13.2 Å². The van der Waals surface area contributed by atoms with Crippen molar-refractivity contribution < 1.29 is 27.8 Å². The zero-order chi connectivity index (χ0) is 26.1. The SMILES string of the molecule is CC(C)(C(=O)NCc1ccc(Cl)c(-c2nc(O)nc(-c3ccc(OC4CCC4)nc3)n2)c1)C(F)(F)F. The quantitative estimate of drug-likeness (QED) is 0.445. The molecule has 1 aliphatic rings. The van der Waals surface area contributed by atoms with E-state index < -0.39 is 23.5 Å². The van der Waals surface area contributed by atoms with Gasteiger partial charge in [-0.1, -0.05) is 17.7 Å². The van der Waals surface area contributed by atoms with Gasteiger partial charge in [-0.05, 0) is 56.9 Å². The van der Waals surface area contributed by atoms with E-state index in [1.165, 1.54) is 18.3 Å². The maximum atomic E-state index is 13.1. The van der Waals surface area contributed by atoms with Crippen molar-refractivity contribution in [2.45, 2.75) is 51.9 Å². The van der Waals surface area contributed by atoms with Gasteiger partial charge in [0.2, 0.25) is 11.8 Å². The molecule has 1 aromatic carbocycles. The lowest BCUT2D eigenvalue weighted by atomic mass is 9.91. The molecular formula is C24H23ClF3N5O3. The molecule has 0 spiro atoms. The van der Waals surface area contributed by atoms with E-state index in [1.54, 1.807) is 18.2 Å². The fourth-order valence-electron chi connectivity index (χ4n) is 3.24. The summed E-state index contributed by atoms with van der Waals surface area (Å²) < 4.78 is 45.1. The first-order valence-electron chi connectivity index (χ1n) is 11.2. The summed E-state index contributed by atoms with van der Waals surface area (Å²) in [4.78, 5) is 28.7. The minimum atomic E-state index is -4.70. The third-order valence-electron chi connectivity index (χ3n) is 5.96. The van der Waals surface area contributed by atoms with Gasteiger partial charge in [-0.25, -0.2) is 9.97 Å². The highest BCUT2D eigenvalue weighted by Gasteiger charge is 2.52. The highest BCUT2D eigenvalue weighted by atomic mass is 35.5. The summed E-state index contributed by atoms with van der Waals surface area (Å²) in [6.45, 7) is 1.44. The van der Waals surface area contributed by atoms with Gasteiger partial charge in [0, 0.05) is 29.9 Å². The molecular weight excluding hydrogens is 499 g/mol. The van der Waals surface area contributed by atoms with E-state index in [0.717, 1.165) is 33.1 Å². The molecule has 2 heterocycles. The summed E-state index contributed by atoms with van der Waals surface area (Å²) in [6.07, 6.45) is 0.127. The number of pyridine rings is 1. The highest BCUT2D eigenvalue weighted by Crippen LogP contribution is 2.37. The molecule has 0 saturated heterocycles. The van der Waals surface area contributed by atoms with Crippen LogP contribution in [-0.4, -0.2) is 43.2 Å². The minimum absolute atomic E-state index is 0.0427. The van der Waals surface area contributed by atoms with Crippen molar-refractivity contribution in [3.63, 3.8) is 0 Å². The molecule has 36 heavy (non-hydrogen) atoms. The predicted molar refractivity (Wildman–Crippen MR) is 125 cm³/mol. The number of aromatic nitrogens is 4. The van der Waals surface area contributed by atoms with E-state index in [2.05, 4.69) is 25.3 Å². The van der Waals surface area contributed by atoms with Crippen molar-refractivity contribution in [3.05, 3.63) is 47.1 Å². The number of nitrogens with one attached hydrogen (secondary N) is 1. The van der Waals surface area contributed by atoms with E-state index in [1.807, 2.05) is 0 Å². The molecule has 2 aromatic heterocycles. The molecule has 2 N–H and O–H groups in total. The Bertz CT molecular complexity index is 1260. The van der Waals surface area contributed by atoms with E-state index >= 15 is 0 Å². The number of alkyl halides is 3. The first kappa shape index (κ1) is 25.6. The summed E-state index contributed by atoms with van der Waals surface area (Å²) in [6, 6.07) is 7.42. The van der Waals surface area contributed by atoms with Crippen molar-refractivity contribution >= 4 is 17.5 Å². The van der Waals surface area contributed by atoms with Crippen LogP contribution in [-0.2, 0) is 11.3 Å². The van der Waals surface area contributed by atoms with Crippen LogP contribution >= 0.6 is 11.6 Å². The van der Waals surface area contributed by atoms with E-state index in [4.69, 9.17) is 16.3 Å². The molecule has 0 atom stereocenters. The lowest BCUT2D eigenvalue weighted by Gasteiger charge is -2.26. The summed E-state index contributed by atoms with van der Waals surface area (Å²) in [5.41, 5.74) is -1.29. The second kappa shape index (κ2) is 9.88. The molecule has 190 valence electrons. The molecule has 12 heteroatoms. The number of carbonyl (C=O) groups excluding carboxylic acids is 1. The number of aromatic hydroxyl groups is 1. The number of carbonyl (C=O) groups is 1. The summed E-state index contributed by atoms with van der Waals surface area (Å²) in [5.74, 6) is -0.500. The van der Waals surface area contributed by atoms with Crippen molar-refractivity contribution in [2.75, 3.05) is 0 Å². The fraction of sp³-hybridized carbons (Fsp3) is 0.375. The largest absolute Gasteiger partial charge is 0.479 e. The molecule has 8 nitrogen and oxygen atoms in total. The lowest BCUT2D eigenvalue weighted by Crippen LogP contribution is -2.46. The smallest absolute Gasteiger partial charge is 0.402 e. The number of amides is 1. The number of nitrogens with zero attached hydrogens (tertiary/aromatic N) is 4. The Labute approximate surface area is 209 Å². The topological polar surface area (TPSA) is 110 Å². The fourth-order valence-corrected chi connectivity index (χ4v) is 3.44. The number of ether oxygens (including phenoxy) is 1. The average Bonchev–Trinajstić information content (AvgIpc) is 2.80. The minimum Gasteiger partial charge on any atom is -0.479 e. The second-order valence-corrected chi connectivity index (χ2v) is 9.37. The van der Waals surface area contributed by atoms with E-state index in [-0.39, 0.29) is 29.3 Å². The summed E-state index contributed by atoms with van der Waals surface area (Å²) in [7, 11) is 0. The van der Waals surface area contributed by atoms with Crippen molar-refractivity contribution in [2.24, 2.45) is 5.41 Å². The van der Waals surface area contributed by atoms with Gasteiger partial charge in [0.25, 0.3) is 0 Å². The van der Waals surface area contributed by atoms with Gasteiger partial charge < -0.3 is 15.2 Å². The third kappa shape index (κ3) is 5.51. The monoisotopic (exact) mass is 521 g/mol. The zero-order valence-corrected chi connectivity index (χ0v) is 20.2. The maximum Gasteiger partial charge on any atom is 0.402 e. The van der Waals surface area contributed by atoms with E-state index in [0.29, 0.717) is 22.6 Å². The van der Waals surface area contributed by atoms with Crippen LogP contribution in [0.5, 0.6) is 11.9 Å². The van der Waals surface area contributed by atoms with Crippen LogP contribution in [0.3, 0.4) is 0 Å². The van der Waals surface area contributed by atoms with E-state index in [9.17, 15) is 23.1 Å². The van der Waals surface area contributed by atoms with Crippen LogP contribution in [0, 0.1) is 5.41 Å². The van der Waals surface area contributed by atoms with Gasteiger partial charge in [0.05, 0.1) is 5.02 Å². The van der Waals surface area contributed by atoms with Crippen LogP contribution in [0.25, 0.3) is 22.8 Å². The Kier molecular flexibility index (Phi) is 7.03. The molecule has 0 radical (unpaired) electrons. The van der Waals surface area contributed by atoms with Crippen LogP contribution in [0.15, 0.2) is 36.5 Å². The molecule has 1 amide bonds. The van der Waals surface area contributed by atoms with Crippen LogP contribution in [0.2, 0.25) is 5.02 Å². The first-order chi connectivity index (χ1) is 16.9. The standard InChI is InChI=1S/C24H23ClF3N5O3/c1-23(2,24(26,27)28)21(34)30-11-13-6-8-17(25)16(10-13)20-31-19(32-22(35)33-20)14-7-9-18(29-12-14)36-15-4-3-5-15/h6-10,12,15H,3-5,11H2,1-2H3,(H,30,34)(H,31,32,33,35).